The van der Waals surface area contributed by atoms with Crippen LogP contribution in [0, 0.1) is 0 Å². The highest BCUT2D eigenvalue weighted by Gasteiger charge is 2.44. The van der Waals surface area contributed by atoms with Crippen molar-refractivity contribution in [1.82, 2.24) is 5.32 Å². The molecule has 0 aromatic heterocycles. The Balaban J connectivity index is 2.16. The molecule has 87 heavy (non-hydrogen) atoms. The molecule has 0 spiro atoms. The Labute approximate surface area is 536 Å². The minimum Gasteiger partial charge on any atom is -0.394 e. The van der Waals surface area contributed by atoms with Crippen molar-refractivity contribution in [2.24, 2.45) is 0 Å². The molecular formula is C78H137NO8. The number of carbonyl (C=O) groups excluding carboxylic acids is 1. The second-order valence-corrected chi connectivity index (χ2v) is 25.0. The van der Waals surface area contributed by atoms with E-state index in [1.807, 2.05) is 6.08 Å². The maximum atomic E-state index is 13.1. The number of aliphatic hydroxyl groups excluding tert-OH is 5. The lowest BCUT2D eigenvalue weighted by atomic mass is 9.99. The highest BCUT2D eigenvalue weighted by molar-refractivity contribution is 5.76. The third kappa shape index (κ3) is 54.3. The van der Waals surface area contributed by atoms with Gasteiger partial charge in [-0.3, -0.25) is 4.79 Å². The molecule has 7 unspecified atom stereocenters. The lowest BCUT2D eigenvalue weighted by molar-refractivity contribution is -0.302. The van der Waals surface area contributed by atoms with Crippen LogP contribution in [0.3, 0.4) is 0 Å². The van der Waals surface area contributed by atoms with E-state index in [1.54, 1.807) is 6.08 Å². The van der Waals surface area contributed by atoms with Crippen LogP contribution in [0.5, 0.6) is 0 Å². The maximum absolute atomic E-state index is 13.1. The first-order chi connectivity index (χ1) is 42.8. The Morgan fingerprint density at radius 3 is 1.10 bits per heavy atom. The number of aliphatic hydroxyl groups is 5. The van der Waals surface area contributed by atoms with E-state index in [0.717, 1.165) is 83.5 Å². The molecule has 1 aliphatic heterocycles. The molecule has 1 fully saturated rings. The van der Waals surface area contributed by atoms with Crippen molar-refractivity contribution in [2.45, 2.75) is 365 Å². The quantitative estimate of drug-likeness (QED) is 0.0261. The number of unbranched alkanes of at least 4 members (excludes halogenated alkanes) is 37. The van der Waals surface area contributed by atoms with Crippen LogP contribution in [0.15, 0.2) is 109 Å². The van der Waals surface area contributed by atoms with E-state index in [-0.39, 0.29) is 12.5 Å². The average molecular weight is 1220 g/mol. The summed E-state index contributed by atoms with van der Waals surface area (Å²) in [7, 11) is 0. The zero-order valence-corrected chi connectivity index (χ0v) is 56.2. The van der Waals surface area contributed by atoms with Crippen molar-refractivity contribution >= 4 is 5.91 Å². The van der Waals surface area contributed by atoms with Gasteiger partial charge in [0.15, 0.2) is 6.29 Å². The summed E-state index contributed by atoms with van der Waals surface area (Å²) in [5, 5.41) is 54.8. The zero-order chi connectivity index (χ0) is 62.8. The summed E-state index contributed by atoms with van der Waals surface area (Å²) in [6.07, 6.45) is 90.6. The van der Waals surface area contributed by atoms with Gasteiger partial charge in [-0.05, 0) is 96.3 Å². The highest BCUT2D eigenvalue weighted by Crippen LogP contribution is 2.23. The van der Waals surface area contributed by atoms with Gasteiger partial charge in [0.1, 0.15) is 24.4 Å². The first kappa shape index (κ1) is 81.9. The number of hydrogen-bond donors (Lipinski definition) is 6. The van der Waals surface area contributed by atoms with Crippen LogP contribution >= 0.6 is 0 Å². The Bertz CT molecular complexity index is 1750. The second kappa shape index (κ2) is 65.8. The first-order valence-corrected chi connectivity index (χ1v) is 36.6. The number of allylic oxidation sites excluding steroid dienone is 17. The van der Waals surface area contributed by atoms with Crippen LogP contribution in [0.1, 0.15) is 322 Å². The van der Waals surface area contributed by atoms with Gasteiger partial charge in [0, 0.05) is 6.42 Å². The molecule has 0 radical (unpaired) electrons. The Morgan fingerprint density at radius 2 is 0.724 bits per heavy atom. The van der Waals surface area contributed by atoms with E-state index in [4.69, 9.17) is 9.47 Å². The van der Waals surface area contributed by atoms with Gasteiger partial charge in [-0.2, -0.15) is 0 Å². The molecule has 9 heteroatoms. The van der Waals surface area contributed by atoms with E-state index in [0.29, 0.717) is 6.42 Å². The van der Waals surface area contributed by atoms with Crippen LogP contribution in [0.2, 0.25) is 0 Å². The fourth-order valence-electron chi connectivity index (χ4n) is 11.1. The van der Waals surface area contributed by atoms with Crippen LogP contribution in [0.25, 0.3) is 0 Å². The molecule has 7 atom stereocenters. The first-order valence-electron chi connectivity index (χ1n) is 36.6. The molecule has 1 saturated heterocycles. The molecule has 0 aromatic carbocycles. The molecule has 1 rings (SSSR count). The van der Waals surface area contributed by atoms with Crippen molar-refractivity contribution in [3.05, 3.63) is 109 Å². The summed E-state index contributed by atoms with van der Waals surface area (Å²) in [4.78, 5) is 13.1. The minimum absolute atomic E-state index is 0.192. The van der Waals surface area contributed by atoms with Crippen LogP contribution in [-0.2, 0) is 14.3 Å². The number of ether oxygens (including phenoxy) is 2. The van der Waals surface area contributed by atoms with E-state index >= 15 is 0 Å². The number of rotatable bonds is 63. The molecule has 1 heterocycles. The summed E-state index contributed by atoms with van der Waals surface area (Å²) < 4.78 is 11.3. The maximum Gasteiger partial charge on any atom is 0.220 e. The number of nitrogens with one attached hydrogen (secondary N) is 1. The summed E-state index contributed by atoms with van der Waals surface area (Å²) in [5.74, 6) is -0.192. The van der Waals surface area contributed by atoms with E-state index in [1.165, 1.54) is 218 Å². The second-order valence-electron chi connectivity index (χ2n) is 25.0. The van der Waals surface area contributed by atoms with Gasteiger partial charge in [-0.25, -0.2) is 0 Å². The SMILES string of the molecule is CC/C=C\C/C=C\C/C=C\C/C=C\C/C=C\C/C=C\CCCCCCCCCCCCCCCCC(=O)NC(COC1OC(CO)C(O)C(O)C1O)C(O)/C=C/CC/C=C/CC/C=C/CCCCCCCCCCCCCCCCCCCCCCC. The van der Waals surface area contributed by atoms with Crippen molar-refractivity contribution in [3.63, 3.8) is 0 Å². The van der Waals surface area contributed by atoms with Gasteiger partial charge in [0.2, 0.25) is 5.91 Å². The van der Waals surface area contributed by atoms with Gasteiger partial charge >= 0.3 is 0 Å². The van der Waals surface area contributed by atoms with E-state index < -0.39 is 49.5 Å². The average Bonchev–Trinajstić information content (AvgIpc) is 3.38. The number of amides is 1. The number of carbonyl (C=O) groups is 1. The number of hydrogen-bond acceptors (Lipinski definition) is 8. The third-order valence-corrected chi connectivity index (χ3v) is 16.8. The molecule has 0 bridgehead atoms. The van der Waals surface area contributed by atoms with Gasteiger partial charge < -0.3 is 40.3 Å². The summed E-state index contributed by atoms with van der Waals surface area (Å²) >= 11 is 0. The topological polar surface area (TPSA) is 149 Å². The van der Waals surface area contributed by atoms with E-state index in [2.05, 4.69) is 116 Å². The molecule has 502 valence electrons. The predicted molar refractivity (Wildman–Crippen MR) is 373 cm³/mol. The Kier molecular flexibility index (Phi) is 61.9. The largest absolute Gasteiger partial charge is 0.394 e. The Morgan fingerprint density at radius 1 is 0.402 bits per heavy atom. The van der Waals surface area contributed by atoms with Crippen LogP contribution < -0.4 is 5.32 Å². The molecular weight excluding hydrogens is 1080 g/mol. The Hall–Kier alpha value is -3.15. The highest BCUT2D eigenvalue weighted by atomic mass is 16.7. The molecule has 1 amide bonds. The standard InChI is InChI=1S/C78H137NO8/c1-3-5-7-9-11-13-15-17-19-21-23-25-27-29-31-33-35-36-38-40-42-44-46-48-50-52-54-56-58-60-62-64-66-68-74(82)79-71(70-86-78-77(85)76(84)75(83)73(69-80)87-78)72(81)67-65-63-61-59-57-55-53-51-49-47-45-43-41-39-37-34-32-30-28-26-24-22-20-18-16-14-12-10-8-6-4-2/h5,7,11,13,17,19,23,25,29,31,35-36,49,51,57,59,65,67,71-73,75-78,80-81,83-85H,3-4,6,8-10,12,14-16,18,20-22,24,26-28,30,32-34,37-48,50,52-56,58,60-64,66,68-70H2,1-2H3,(H,79,82)/b7-5-,13-11-,19-17-,25-23-,31-29-,36-35-,51-49+,59-57+,67-65+. The summed E-state index contributed by atoms with van der Waals surface area (Å²) in [6, 6.07) is -0.837. The smallest absolute Gasteiger partial charge is 0.220 e. The van der Waals surface area contributed by atoms with Crippen LogP contribution in [-0.4, -0.2) is 87.5 Å². The third-order valence-electron chi connectivity index (χ3n) is 16.8. The van der Waals surface area contributed by atoms with Crippen molar-refractivity contribution in [2.75, 3.05) is 13.2 Å². The normalized spacial score (nSPS) is 18.6. The fourth-order valence-corrected chi connectivity index (χ4v) is 11.1. The predicted octanol–water partition coefficient (Wildman–Crippen LogP) is 20.4. The minimum atomic E-state index is -1.58. The lowest BCUT2D eigenvalue weighted by Gasteiger charge is -2.40. The monoisotopic (exact) mass is 1220 g/mol. The van der Waals surface area contributed by atoms with Crippen molar-refractivity contribution in [1.29, 1.82) is 0 Å². The molecule has 9 nitrogen and oxygen atoms in total. The molecule has 0 aliphatic carbocycles. The van der Waals surface area contributed by atoms with Crippen molar-refractivity contribution in [3.8, 4) is 0 Å². The van der Waals surface area contributed by atoms with Gasteiger partial charge in [-0.1, -0.05) is 329 Å². The zero-order valence-electron chi connectivity index (χ0n) is 56.2. The lowest BCUT2D eigenvalue weighted by Crippen LogP contribution is -2.60. The molecule has 0 aromatic rings. The van der Waals surface area contributed by atoms with Gasteiger partial charge in [0.05, 0.1) is 25.4 Å². The summed E-state index contributed by atoms with van der Waals surface area (Å²) in [6.45, 7) is 3.67. The molecule has 1 aliphatic rings. The fraction of sp³-hybridized carbons (Fsp3) is 0.756. The summed E-state index contributed by atoms with van der Waals surface area (Å²) in [5.41, 5.74) is 0. The van der Waals surface area contributed by atoms with Crippen LogP contribution in [0.4, 0.5) is 0 Å². The molecule has 0 saturated carbocycles. The van der Waals surface area contributed by atoms with Gasteiger partial charge in [0.25, 0.3) is 0 Å². The van der Waals surface area contributed by atoms with Crippen molar-refractivity contribution < 1.29 is 39.8 Å². The molecule has 6 N–H and O–H groups in total. The van der Waals surface area contributed by atoms with E-state index in [9.17, 15) is 30.3 Å². The van der Waals surface area contributed by atoms with Gasteiger partial charge in [-0.15, -0.1) is 0 Å².